The van der Waals surface area contributed by atoms with Crippen molar-refractivity contribution in [2.45, 2.75) is 20.4 Å². The highest BCUT2D eigenvalue weighted by molar-refractivity contribution is 7.18. The summed E-state index contributed by atoms with van der Waals surface area (Å²) >= 11 is 1.63. The molecule has 3 rings (SSSR count). The summed E-state index contributed by atoms with van der Waals surface area (Å²) in [6.07, 6.45) is 3.63. The third kappa shape index (κ3) is 3.68. The van der Waals surface area contributed by atoms with Gasteiger partial charge < -0.3 is 10.2 Å². The Morgan fingerprint density at radius 1 is 1.43 bits per heavy atom. The van der Waals surface area contributed by atoms with Crippen molar-refractivity contribution in [3.8, 4) is 0 Å². The Bertz CT molecular complexity index is 796. The van der Waals surface area contributed by atoms with E-state index >= 15 is 0 Å². The van der Waals surface area contributed by atoms with Crippen LogP contribution >= 0.6 is 11.3 Å². The topological polar surface area (TPSA) is 63.1 Å². The van der Waals surface area contributed by atoms with Gasteiger partial charge >= 0.3 is 6.03 Å². The average molecular weight is 329 g/mol. The van der Waals surface area contributed by atoms with E-state index in [4.69, 9.17) is 0 Å². The molecule has 23 heavy (non-hydrogen) atoms. The van der Waals surface area contributed by atoms with Gasteiger partial charge in [-0.25, -0.2) is 9.78 Å². The van der Waals surface area contributed by atoms with Gasteiger partial charge in [-0.05, 0) is 38.1 Å². The molecule has 0 spiro atoms. The number of amides is 2. The number of urea groups is 1. The van der Waals surface area contributed by atoms with E-state index in [1.165, 1.54) is 0 Å². The van der Waals surface area contributed by atoms with Crippen molar-refractivity contribution >= 4 is 33.3 Å². The molecule has 0 unspecified atom stereocenters. The van der Waals surface area contributed by atoms with Gasteiger partial charge in [-0.2, -0.15) is 5.10 Å². The van der Waals surface area contributed by atoms with Gasteiger partial charge in [-0.3, -0.25) is 4.68 Å². The van der Waals surface area contributed by atoms with Gasteiger partial charge in [0.05, 0.1) is 21.8 Å². The van der Waals surface area contributed by atoms with Gasteiger partial charge in [0.15, 0.2) is 0 Å². The summed E-state index contributed by atoms with van der Waals surface area (Å²) in [5, 5.41) is 8.14. The minimum atomic E-state index is -0.0970. The SMILES string of the molecule is CCN(CCn1cccn1)C(=O)Nc1ccc2nc(C)sc2c1. The number of hydrogen-bond donors (Lipinski definition) is 1. The van der Waals surface area contributed by atoms with Crippen LogP contribution in [0.1, 0.15) is 11.9 Å². The molecule has 0 bridgehead atoms. The summed E-state index contributed by atoms with van der Waals surface area (Å²) < 4.78 is 2.90. The maximum absolute atomic E-state index is 12.4. The van der Waals surface area contributed by atoms with Crippen molar-refractivity contribution in [3.63, 3.8) is 0 Å². The normalized spacial score (nSPS) is 10.9. The molecule has 6 nitrogen and oxygen atoms in total. The maximum Gasteiger partial charge on any atom is 0.321 e. The first-order valence-electron chi connectivity index (χ1n) is 7.56. The van der Waals surface area contributed by atoms with Gasteiger partial charge in [0.2, 0.25) is 0 Å². The molecule has 1 aromatic carbocycles. The predicted molar refractivity (Wildman–Crippen MR) is 92.8 cm³/mol. The summed E-state index contributed by atoms with van der Waals surface area (Å²) in [5.74, 6) is 0. The minimum absolute atomic E-state index is 0.0970. The Morgan fingerprint density at radius 2 is 2.30 bits per heavy atom. The van der Waals surface area contributed by atoms with E-state index in [0.29, 0.717) is 19.6 Å². The molecular weight excluding hydrogens is 310 g/mol. The lowest BCUT2D eigenvalue weighted by molar-refractivity contribution is 0.211. The lowest BCUT2D eigenvalue weighted by atomic mass is 10.3. The van der Waals surface area contributed by atoms with Gasteiger partial charge in [0, 0.05) is 31.2 Å². The number of likely N-dealkylation sites (N-methyl/N-ethyl adjacent to an activating group) is 1. The fourth-order valence-electron chi connectivity index (χ4n) is 2.38. The van der Waals surface area contributed by atoms with Gasteiger partial charge in [0.25, 0.3) is 0 Å². The zero-order valence-electron chi connectivity index (χ0n) is 13.2. The first kappa shape index (κ1) is 15.5. The first-order valence-corrected chi connectivity index (χ1v) is 8.38. The fourth-order valence-corrected chi connectivity index (χ4v) is 3.25. The molecule has 0 atom stereocenters. The van der Waals surface area contributed by atoms with Crippen LogP contribution < -0.4 is 5.32 Å². The minimum Gasteiger partial charge on any atom is -0.323 e. The summed E-state index contributed by atoms with van der Waals surface area (Å²) in [5.41, 5.74) is 1.76. The Morgan fingerprint density at radius 3 is 3.04 bits per heavy atom. The largest absolute Gasteiger partial charge is 0.323 e. The summed E-state index contributed by atoms with van der Waals surface area (Å²) in [6.45, 7) is 5.90. The molecular formula is C16H19N5OS. The molecule has 120 valence electrons. The lowest BCUT2D eigenvalue weighted by Crippen LogP contribution is -2.37. The van der Waals surface area contributed by atoms with Crippen molar-refractivity contribution in [1.82, 2.24) is 19.7 Å². The molecule has 3 aromatic rings. The number of aromatic nitrogens is 3. The number of fused-ring (bicyclic) bond motifs is 1. The molecule has 2 aromatic heterocycles. The third-order valence-corrected chi connectivity index (χ3v) is 4.51. The van der Waals surface area contributed by atoms with Crippen LogP contribution in [-0.4, -0.2) is 38.8 Å². The Balaban J connectivity index is 1.65. The van der Waals surface area contributed by atoms with E-state index in [0.717, 1.165) is 20.9 Å². The van der Waals surface area contributed by atoms with Gasteiger partial charge in [-0.15, -0.1) is 11.3 Å². The first-order chi connectivity index (χ1) is 11.2. The Labute approximate surface area is 138 Å². The van der Waals surface area contributed by atoms with E-state index in [1.54, 1.807) is 22.4 Å². The van der Waals surface area contributed by atoms with E-state index in [-0.39, 0.29) is 6.03 Å². The molecule has 0 aliphatic rings. The second kappa shape index (κ2) is 6.78. The van der Waals surface area contributed by atoms with Gasteiger partial charge in [0.1, 0.15) is 0 Å². The fraction of sp³-hybridized carbons (Fsp3) is 0.312. The molecule has 0 saturated carbocycles. The lowest BCUT2D eigenvalue weighted by Gasteiger charge is -2.21. The highest BCUT2D eigenvalue weighted by Gasteiger charge is 2.12. The Hall–Kier alpha value is -2.41. The predicted octanol–water partition coefficient (Wildman–Crippen LogP) is 3.36. The molecule has 2 heterocycles. The van der Waals surface area contributed by atoms with Crippen molar-refractivity contribution in [2.24, 2.45) is 0 Å². The van der Waals surface area contributed by atoms with Crippen LogP contribution in [0.25, 0.3) is 10.2 Å². The molecule has 1 N–H and O–H groups in total. The van der Waals surface area contributed by atoms with Crippen LogP contribution in [-0.2, 0) is 6.54 Å². The Kier molecular flexibility index (Phi) is 4.57. The number of carbonyl (C=O) groups excluding carboxylic acids is 1. The van der Waals surface area contributed by atoms with Crippen molar-refractivity contribution < 1.29 is 4.79 Å². The van der Waals surface area contributed by atoms with E-state index in [2.05, 4.69) is 15.4 Å². The van der Waals surface area contributed by atoms with E-state index in [1.807, 2.05) is 49.0 Å². The summed E-state index contributed by atoms with van der Waals surface area (Å²) in [4.78, 5) is 18.6. The number of nitrogens with zero attached hydrogens (tertiary/aromatic N) is 4. The standard InChI is InChI=1S/C16H19N5OS/c1-3-20(9-10-21-8-4-7-17-21)16(22)19-13-5-6-14-15(11-13)23-12(2)18-14/h4-8,11H,3,9-10H2,1-2H3,(H,19,22). The number of rotatable bonds is 5. The number of carbonyl (C=O) groups is 1. The van der Waals surface area contributed by atoms with Gasteiger partial charge in [-0.1, -0.05) is 0 Å². The molecule has 0 aliphatic carbocycles. The van der Waals surface area contributed by atoms with Crippen molar-refractivity contribution in [1.29, 1.82) is 0 Å². The molecule has 7 heteroatoms. The molecule has 0 saturated heterocycles. The number of anilines is 1. The van der Waals surface area contributed by atoms with Crippen LogP contribution in [0.4, 0.5) is 10.5 Å². The van der Waals surface area contributed by atoms with Crippen LogP contribution in [0.5, 0.6) is 0 Å². The number of benzene rings is 1. The van der Waals surface area contributed by atoms with Crippen LogP contribution in [0, 0.1) is 6.92 Å². The number of hydrogen-bond acceptors (Lipinski definition) is 4. The zero-order valence-corrected chi connectivity index (χ0v) is 14.0. The average Bonchev–Trinajstić information content (AvgIpc) is 3.15. The molecule has 0 radical (unpaired) electrons. The highest BCUT2D eigenvalue weighted by atomic mass is 32.1. The van der Waals surface area contributed by atoms with Crippen LogP contribution in [0.3, 0.4) is 0 Å². The second-order valence-electron chi connectivity index (χ2n) is 5.19. The quantitative estimate of drug-likeness (QED) is 0.781. The van der Waals surface area contributed by atoms with Crippen molar-refractivity contribution in [3.05, 3.63) is 41.7 Å². The van der Waals surface area contributed by atoms with E-state index < -0.39 is 0 Å². The summed E-state index contributed by atoms with van der Waals surface area (Å²) in [6, 6.07) is 7.58. The van der Waals surface area contributed by atoms with E-state index in [9.17, 15) is 4.79 Å². The number of nitrogens with one attached hydrogen (secondary N) is 1. The smallest absolute Gasteiger partial charge is 0.321 e. The monoisotopic (exact) mass is 329 g/mol. The zero-order chi connectivity index (χ0) is 16.2. The number of thiazole rings is 1. The second-order valence-corrected chi connectivity index (χ2v) is 6.43. The molecule has 0 fully saturated rings. The highest BCUT2D eigenvalue weighted by Crippen LogP contribution is 2.24. The summed E-state index contributed by atoms with van der Waals surface area (Å²) in [7, 11) is 0. The van der Waals surface area contributed by atoms with Crippen LogP contribution in [0.2, 0.25) is 0 Å². The number of aryl methyl sites for hydroxylation is 1. The molecule has 0 aliphatic heterocycles. The third-order valence-electron chi connectivity index (χ3n) is 3.57. The molecule has 2 amide bonds. The maximum atomic E-state index is 12.4. The van der Waals surface area contributed by atoms with Crippen LogP contribution in [0.15, 0.2) is 36.7 Å². The van der Waals surface area contributed by atoms with Crippen molar-refractivity contribution in [2.75, 3.05) is 18.4 Å².